The van der Waals surface area contributed by atoms with Crippen LogP contribution < -0.4 is 0 Å². The average Bonchev–Trinajstić information content (AvgIpc) is 2.37. The Labute approximate surface area is 114 Å². The molecule has 0 amide bonds. The normalized spacial score (nSPS) is 10.7. The van der Waals surface area contributed by atoms with Crippen LogP contribution in [0.25, 0.3) is 0 Å². The van der Waals surface area contributed by atoms with Crippen LogP contribution in [0.5, 0.6) is 0 Å². The van der Waals surface area contributed by atoms with E-state index < -0.39 is 6.89 Å². The van der Waals surface area contributed by atoms with Gasteiger partial charge in [0.05, 0.1) is 17.5 Å². The quantitative estimate of drug-likeness (QED) is 0.414. The number of rotatable bonds is 5. The van der Waals surface area contributed by atoms with E-state index in [4.69, 9.17) is 0 Å². The molecule has 0 fully saturated rings. The first-order valence-corrected chi connectivity index (χ1v) is 6.34. The molecule has 0 saturated heterocycles. The molecule has 0 aromatic heterocycles. The maximum absolute atomic E-state index is 11.0. The Morgan fingerprint density at radius 1 is 0.944 bits per heavy atom. The third kappa shape index (κ3) is 3.68. The van der Waals surface area contributed by atoms with Gasteiger partial charge in [-0.05, 0) is 6.16 Å². The summed E-state index contributed by atoms with van der Waals surface area (Å²) in [5, 5.41) is -0.648. The van der Waals surface area contributed by atoms with Gasteiger partial charge < -0.3 is 0 Å². The van der Waals surface area contributed by atoms with E-state index >= 15 is 0 Å². The van der Waals surface area contributed by atoms with Crippen LogP contribution in [0.15, 0.2) is 22.8 Å². The van der Waals surface area contributed by atoms with Gasteiger partial charge in [0.15, 0.2) is 0 Å². The fourth-order valence-electron chi connectivity index (χ4n) is 1.18. The number of carbonyl (C=O) groups excluding carboxylic acids is 5. The molecule has 0 unspecified atom stereocenters. The molecule has 5 nitrogen and oxygen atoms in total. The topological polar surface area (TPSA) is 85.3 Å². The zero-order chi connectivity index (χ0) is 13.3. The summed E-state index contributed by atoms with van der Waals surface area (Å²) in [6.07, 6.45) is 1.47. The van der Waals surface area contributed by atoms with Crippen molar-refractivity contribution in [3.63, 3.8) is 0 Å². The van der Waals surface area contributed by atoms with E-state index in [0.29, 0.717) is 12.2 Å². The van der Waals surface area contributed by atoms with Gasteiger partial charge in [-0.1, -0.05) is 6.92 Å². The molecule has 7 heteroatoms. The van der Waals surface area contributed by atoms with Crippen LogP contribution in [-0.4, -0.2) is 35.6 Å². The first-order valence-electron chi connectivity index (χ1n) is 4.37. The standard InChI is InChI=1S/C11H7O5P.Cr/c1-2-17(9-16,10(7-14)3-5-12)11(8-15)4-6-13;/h3-4H,2H2,1H3;. The van der Waals surface area contributed by atoms with Crippen LogP contribution >= 0.6 is 6.89 Å². The van der Waals surface area contributed by atoms with Crippen molar-refractivity contribution >= 4 is 36.3 Å². The summed E-state index contributed by atoms with van der Waals surface area (Å²) in [6.45, 7) is -1.65. The predicted molar refractivity (Wildman–Crippen MR) is 62.1 cm³/mol. The van der Waals surface area contributed by atoms with Crippen molar-refractivity contribution in [2.45, 2.75) is 6.92 Å². The summed E-state index contributed by atoms with van der Waals surface area (Å²) < 4.78 is 0. The van der Waals surface area contributed by atoms with Gasteiger partial charge >= 0.3 is 0 Å². The van der Waals surface area contributed by atoms with Crippen molar-refractivity contribution in [3.8, 4) is 0 Å². The zero-order valence-electron chi connectivity index (χ0n) is 9.26. The molecule has 0 bridgehead atoms. The van der Waals surface area contributed by atoms with Crippen molar-refractivity contribution in [1.29, 1.82) is 0 Å². The van der Waals surface area contributed by atoms with Gasteiger partial charge in [-0.2, -0.15) is 0 Å². The molecular formula is C11H7CrO5P. The zero-order valence-corrected chi connectivity index (χ0v) is 11.4. The number of hydrogen-bond donors (Lipinski definition) is 0. The minimum absolute atomic E-state index is 0. The van der Waals surface area contributed by atoms with Gasteiger partial charge in [0.25, 0.3) is 0 Å². The van der Waals surface area contributed by atoms with E-state index in [1.807, 2.05) is 0 Å². The van der Waals surface area contributed by atoms with Crippen molar-refractivity contribution < 1.29 is 41.3 Å². The second-order valence-electron chi connectivity index (χ2n) is 2.72. The molecule has 0 spiro atoms. The summed E-state index contributed by atoms with van der Waals surface area (Å²) in [6, 6.07) is 0. The third-order valence-corrected chi connectivity index (χ3v) is 5.40. The van der Waals surface area contributed by atoms with E-state index in [1.54, 1.807) is 5.66 Å². The first-order chi connectivity index (χ1) is 8.16. The van der Waals surface area contributed by atoms with Gasteiger partial charge in [-0.15, -0.1) is 0 Å². The Bertz CT molecular complexity index is 545. The molecule has 0 aromatic rings. The first kappa shape index (κ1) is 18.7. The largest absolute Gasteiger partial charge is 0.234 e. The Hall–Kier alpha value is -1.66. The summed E-state index contributed by atoms with van der Waals surface area (Å²) >= 11 is 0. The van der Waals surface area contributed by atoms with Gasteiger partial charge in [-0.3, -0.25) is 0 Å². The van der Waals surface area contributed by atoms with E-state index in [-0.39, 0.29) is 34.2 Å². The Balaban J connectivity index is 0. The smallest absolute Gasteiger partial charge is 0.134 e. The van der Waals surface area contributed by atoms with E-state index in [1.165, 1.54) is 30.7 Å². The number of hydrogen-bond acceptors (Lipinski definition) is 5. The van der Waals surface area contributed by atoms with Crippen LogP contribution in [0, 0.1) is 0 Å². The van der Waals surface area contributed by atoms with Gasteiger partial charge in [0, 0.05) is 29.5 Å². The molecule has 0 saturated carbocycles. The number of allylic oxidation sites excluding steroid dienone is 4. The molecule has 0 N–H and O–H groups in total. The molecule has 0 rings (SSSR count). The molecule has 0 aliphatic heterocycles. The van der Waals surface area contributed by atoms with Crippen LogP contribution in [0.2, 0.25) is 0 Å². The van der Waals surface area contributed by atoms with Gasteiger partial charge in [0.1, 0.15) is 29.4 Å². The fourth-order valence-corrected chi connectivity index (χ4v) is 3.30. The third-order valence-electron chi connectivity index (χ3n) is 2.05. The SMILES string of the molecule is CCP(=C=O)(C(=C=O)C=C=O)C(=C=O)C=C=O.[Cr]. The summed E-state index contributed by atoms with van der Waals surface area (Å²) in [5.74, 6) is 5.47. The Kier molecular flexibility index (Phi) is 9.75. The minimum Gasteiger partial charge on any atom is -0.234 e. The maximum Gasteiger partial charge on any atom is 0.134 e. The predicted octanol–water partition coefficient (Wildman–Crippen LogP) is 0.295. The maximum atomic E-state index is 11.0. The average molecular weight is 302 g/mol. The Morgan fingerprint density at radius 2 is 1.33 bits per heavy atom. The van der Waals surface area contributed by atoms with E-state index in [0.717, 1.165) is 0 Å². The van der Waals surface area contributed by atoms with Crippen LogP contribution in [0.1, 0.15) is 6.92 Å². The molecular weight excluding hydrogens is 295 g/mol. The molecule has 0 aliphatic carbocycles. The fraction of sp³-hybridized carbons (Fsp3) is 0.182. The molecule has 0 aliphatic rings. The van der Waals surface area contributed by atoms with Crippen molar-refractivity contribution in [2.24, 2.45) is 0 Å². The van der Waals surface area contributed by atoms with Gasteiger partial charge in [0.2, 0.25) is 0 Å². The van der Waals surface area contributed by atoms with Gasteiger partial charge in [-0.25, -0.2) is 24.0 Å². The summed E-state index contributed by atoms with van der Waals surface area (Å²) in [5.41, 5.74) is 1.58. The van der Waals surface area contributed by atoms with E-state index in [2.05, 4.69) is 0 Å². The molecule has 18 heavy (non-hydrogen) atoms. The van der Waals surface area contributed by atoms with Crippen LogP contribution in [0.4, 0.5) is 0 Å². The molecule has 0 heterocycles. The minimum atomic E-state index is -3.17. The van der Waals surface area contributed by atoms with E-state index in [9.17, 15) is 24.0 Å². The summed E-state index contributed by atoms with van der Waals surface area (Å²) in [4.78, 5) is 52.9. The monoisotopic (exact) mass is 302 g/mol. The van der Waals surface area contributed by atoms with Crippen LogP contribution in [-0.2, 0) is 41.3 Å². The molecule has 0 radical (unpaired) electrons. The second kappa shape index (κ2) is 9.38. The Morgan fingerprint density at radius 3 is 1.50 bits per heavy atom. The molecule has 92 valence electrons. The van der Waals surface area contributed by atoms with Crippen molar-refractivity contribution in [2.75, 3.05) is 6.16 Å². The molecule has 0 atom stereocenters. The summed E-state index contributed by atoms with van der Waals surface area (Å²) in [7, 11) is 0. The second-order valence-corrected chi connectivity index (χ2v) is 6.11. The van der Waals surface area contributed by atoms with Crippen molar-refractivity contribution in [1.82, 2.24) is 0 Å². The van der Waals surface area contributed by atoms with Crippen LogP contribution in [0.3, 0.4) is 0 Å². The molecule has 0 aromatic carbocycles. The van der Waals surface area contributed by atoms with Crippen molar-refractivity contribution in [3.05, 3.63) is 22.8 Å².